The Labute approximate surface area is 80.3 Å². The molecule has 0 bridgehead atoms. The highest BCUT2D eigenvalue weighted by molar-refractivity contribution is 5.72. The van der Waals surface area contributed by atoms with Gasteiger partial charge in [-0.2, -0.15) is 0 Å². The first-order valence-electron chi connectivity index (χ1n) is 4.96. The fraction of sp³-hybridized carbons (Fsp3) is 0.727. The molecule has 2 heteroatoms. The highest BCUT2D eigenvalue weighted by Crippen LogP contribution is 2.18. The minimum absolute atomic E-state index is 0.305. The molecule has 0 aromatic heterocycles. The number of carbonyl (C=O) groups excluding carboxylic acids is 1. The van der Waals surface area contributed by atoms with Crippen LogP contribution in [0.15, 0.2) is 0 Å². The maximum absolute atomic E-state index is 10.1. The molecule has 1 aliphatic heterocycles. The average Bonchev–Trinajstić information content (AvgIpc) is 2.15. The van der Waals surface area contributed by atoms with Crippen LogP contribution < -0.4 is 0 Å². The maximum Gasteiger partial charge on any atom is 0.192 e. The second kappa shape index (κ2) is 5.04. The molecule has 1 rings (SSSR count). The molecule has 0 amide bonds. The van der Waals surface area contributed by atoms with E-state index in [9.17, 15) is 4.79 Å². The number of hydrogen-bond acceptors (Lipinski definition) is 2. The molecule has 1 aliphatic rings. The molecule has 0 aromatic carbocycles. The summed E-state index contributed by atoms with van der Waals surface area (Å²) in [6.45, 7) is 5.48. The Morgan fingerprint density at radius 3 is 2.85 bits per heavy atom. The summed E-state index contributed by atoms with van der Waals surface area (Å²) in [6.07, 6.45) is 4.30. The lowest BCUT2D eigenvalue weighted by Gasteiger charge is -2.35. The van der Waals surface area contributed by atoms with Crippen molar-refractivity contribution in [1.29, 1.82) is 0 Å². The monoisotopic (exact) mass is 179 g/mol. The minimum atomic E-state index is 0.305. The normalized spacial score (nSPS) is 23.8. The van der Waals surface area contributed by atoms with E-state index in [0.29, 0.717) is 18.4 Å². The van der Waals surface area contributed by atoms with Crippen LogP contribution in [0.2, 0.25) is 0 Å². The van der Waals surface area contributed by atoms with Gasteiger partial charge < -0.3 is 0 Å². The predicted molar refractivity (Wildman–Crippen MR) is 53.3 cm³/mol. The van der Waals surface area contributed by atoms with Gasteiger partial charge in [-0.05, 0) is 45.6 Å². The van der Waals surface area contributed by atoms with E-state index in [1.165, 1.54) is 12.8 Å². The van der Waals surface area contributed by atoms with Crippen molar-refractivity contribution in [1.82, 2.24) is 4.90 Å². The zero-order valence-electron chi connectivity index (χ0n) is 8.42. The van der Waals surface area contributed by atoms with Gasteiger partial charge in [-0.15, -0.1) is 0 Å². The third kappa shape index (κ3) is 2.86. The van der Waals surface area contributed by atoms with Crippen molar-refractivity contribution < 1.29 is 4.79 Å². The van der Waals surface area contributed by atoms with Crippen LogP contribution in [-0.2, 0) is 4.79 Å². The van der Waals surface area contributed by atoms with Gasteiger partial charge in [0, 0.05) is 6.04 Å². The van der Waals surface area contributed by atoms with Crippen LogP contribution >= 0.6 is 0 Å². The van der Waals surface area contributed by atoms with Crippen LogP contribution in [-0.4, -0.2) is 29.8 Å². The van der Waals surface area contributed by atoms with E-state index >= 15 is 0 Å². The zero-order chi connectivity index (χ0) is 9.68. The molecule has 0 radical (unpaired) electrons. The van der Waals surface area contributed by atoms with Crippen LogP contribution in [0.5, 0.6) is 0 Å². The van der Waals surface area contributed by atoms with Crippen LogP contribution in [0.4, 0.5) is 0 Å². The number of carbonyl (C=O) groups is 1. The number of rotatable bonds is 1. The molecule has 1 saturated heterocycles. The zero-order valence-corrected chi connectivity index (χ0v) is 8.42. The van der Waals surface area contributed by atoms with Crippen molar-refractivity contribution in [3.63, 3.8) is 0 Å². The largest absolute Gasteiger partial charge is 0.289 e. The van der Waals surface area contributed by atoms with Crippen LogP contribution in [0.3, 0.4) is 0 Å². The fourth-order valence-electron chi connectivity index (χ4n) is 1.86. The molecular weight excluding hydrogens is 162 g/mol. The molecule has 0 aliphatic carbocycles. The highest BCUT2D eigenvalue weighted by atomic mass is 16.1. The lowest BCUT2D eigenvalue weighted by Crippen LogP contribution is -2.43. The summed E-state index contributed by atoms with van der Waals surface area (Å²) in [5.74, 6) is 5.54. The Hall–Kier alpha value is -0.810. The van der Waals surface area contributed by atoms with Gasteiger partial charge in [-0.1, -0.05) is 5.92 Å². The van der Waals surface area contributed by atoms with Gasteiger partial charge in [0.15, 0.2) is 6.29 Å². The van der Waals surface area contributed by atoms with Crippen LogP contribution in [0.25, 0.3) is 0 Å². The quantitative estimate of drug-likeness (QED) is 0.448. The Morgan fingerprint density at radius 2 is 2.23 bits per heavy atom. The molecule has 1 atom stereocenters. The fourth-order valence-corrected chi connectivity index (χ4v) is 1.86. The summed E-state index contributed by atoms with van der Waals surface area (Å²) in [5.41, 5.74) is 0. The first kappa shape index (κ1) is 10.3. The molecule has 1 unspecified atom stereocenters. The highest BCUT2D eigenvalue weighted by Gasteiger charge is 2.22. The van der Waals surface area contributed by atoms with E-state index in [2.05, 4.69) is 30.6 Å². The predicted octanol–water partition coefficient (Wildman–Crippen LogP) is 1.45. The van der Waals surface area contributed by atoms with Crippen molar-refractivity contribution in [2.24, 2.45) is 0 Å². The maximum atomic E-state index is 10.1. The van der Waals surface area contributed by atoms with E-state index in [0.717, 1.165) is 13.0 Å². The molecule has 72 valence electrons. The first-order chi connectivity index (χ1) is 6.25. The number of likely N-dealkylation sites (tertiary alicyclic amines) is 1. The molecule has 2 nitrogen and oxygen atoms in total. The third-order valence-corrected chi connectivity index (χ3v) is 2.52. The van der Waals surface area contributed by atoms with Gasteiger partial charge in [0.2, 0.25) is 0 Å². The summed E-state index contributed by atoms with van der Waals surface area (Å²) in [5, 5.41) is 0. The average molecular weight is 179 g/mol. The van der Waals surface area contributed by atoms with Crippen LogP contribution in [0, 0.1) is 11.8 Å². The number of hydrogen-bond donors (Lipinski definition) is 0. The molecule has 1 fully saturated rings. The molecule has 1 heterocycles. The molecule has 0 spiro atoms. The van der Waals surface area contributed by atoms with E-state index in [1.807, 2.05) is 0 Å². The number of piperidine rings is 1. The number of aldehydes is 1. The van der Waals surface area contributed by atoms with E-state index in [1.54, 1.807) is 0 Å². The Kier molecular flexibility index (Phi) is 3.98. The summed E-state index contributed by atoms with van der Waals surface area (Å²) in [6, 6.07) is 0.838. The van der Waals surface area contributed by atoms with Gasteiger partial charge in [0.05, 0.1) is 6.04 Å². The van der Waals surface area contributed by atoms with Crippen molar-refractivity contribution in [3.05, 3.63) is 0 Å². The van der Waals surface area contributed by atoms with Gasteiger partial charge >= 0.3 is 0 Å². The molecule has 0 aromatic rings. The molecular formula is C11H17NO. The van der Waals surface area contributed by atoms with E-state index in [-0.39, 0.29) is 0 Å². The second-order valence-electron chi connectivity index (χ2n) is 3.75. The summed E-state index contributed by atoms with van der Waals surface area (Å²) < 4.78 is 0. The first-order valence-corrected chi connectivity index (χ1v) is 4.96. The Morgan fingerprint density at radius 1 is 1.46 bits per heavy atom. The number of nitrogens with zero attached hydrogens (tertiary/aromatic N) is 1. The van der Waals surface area contributed by atoms with Gasteiger partial charge in [0.25, 0.3) is 0 Å². The third-order valence-electron chi connectivity index (χ3n) is 2.52. The summed E-state index contributed by atoms with van der Waals surface area (Å²) >= 11 is 0. The lowest BCUT2D eigenvalue weighted by atomic mass is 10.0. The smallest absolute Gasteiger partial charge is 0.192 e. The van der Waals surface area contributed by atoms with Gasteiger partial charge in [0.1, 0.15) is 0 Å². The van der Waals surface area contributed by atoms with Crippen molar-refractivity contribution in [2.45, 2.75) is 45.2 Å². The standard InChI is InChI=1S/C11H17NO/c1-10(2)12-8-4-3-6-11(12)7-5-9-13/h9-11H,3-4,6,8H2,1-2H3. The van der Waals surface area contributed by atoms with Gasteiger partial charge in [-0.3, -0.25) is 9.69 Å². The van der Waals surface area contributed by atoms with E-state index in [4.69, 9.17) is 0 Å². The molecule has 13 heavy (non-hydrogen) atoms. The Balaban J connectivity index is 2.61. The van der Waals surface area contributed by atoms with Crippen molar-refractivity contribution >= 4 is 6.29 Å². The Bertz CT molecular complexity index is 224. The summed E-state index contributed by atoms with van der Waals surface area (Å²) in [4.78, 5) is 12.5. The minimum Gasteiger partial charge on any atom is -0.289 e. The van der Waals surface area contributed by atoms with Crippen LogP contribution in [0.1, 0.15) is 33.1 Å². The lowest BCUT2D eigenvalue weighted by molar-refractivity contribution is -0.103. The topological polar surface area (TPSA) is 20.3 Å². The van der Waals surface area contributed by atoms with Crippen molar-refractivity contribution in [2.75, 3.05) is 6.54 Å². The van der Waals surface area contributed by atoms with E-state index < -0.39 is 0 Å². The second-order valence-corrected chi connectivity index (χ2v) is 3.75. The molecule has 0 saturated carbocycles. The van der Waals surface area contributed by atoms with Gasteiger partial charge in [-0.25, -0.2) is 0 Å². The summed E-state index contributed by atoms with van der Waals surface area (Å²) in [7, 11) is 0. The van der Waals surface area contributed by atoms with Crippen molar-refractivity contribution in [3.8, 4) is 11.8 Å². The SMILES string of the molecule is CC(C)N1CCCCC1C#CC=O. The molecule has 0 N–H and O–H groups in total.